The fourth-order valence-electron chi connectivity index (χ4n) is 2.35. The number of benzene rings is 1. The standard InChI is InChI=1S/C13H11FO4S/c14-10-3-1-2-8-6-11(18-13(8)10)12(15)9-4-5-19(16,17)7-9/h1-3,6,9H,4-5,7H2. The molecule has 3 rings (SSSR count). The first kappa shape index (κ1) is 12.3. The SMILES string of the molecule is O=C(c1cc2cccc(F)c2o1)C1CCS(=O)(=O)C1. The third-order valence-corrected chi connectivity index (χ3v) is 5.11. The number of fused-ring (bicyclic) bond motifs is 1. The average Bonchev–Trinajstić information content (AvgIpc) is 2.92. The van der Waals surface area contributed by atoms with Crippen molar-refractivity contribution in [2.45, 2.75) is 6.42 Å². The molecule has 0 aliphatic carbocycles. The van der Waals surface area contributed by atoms with Crippen LogP contribution in [-0.4, -0.2) is 25.7 Å². The molecule has 19 heavy (non-hydrogen) atoms. The van der Waals surface area contributed by atoms with Gasteiger partial charge in [-0.1, -0.05) is 12.1 Å². The van der Waals surface area contributed by atoms with Crippen molar-refractivity contribution in [1.82, 2.24) is 0 Å². The molecular formula is C13H11FO4S. The molecular weight excluding hydrogens is 271 g/mol. The van der Waals surface area contributed by atoms with Crippen LogP contribution in [0.15, 0.2) is 28.7 Å². The van der Waals surface area contributed by atoms with Crippen LogP contribution >= 0.6 is 0 Å². The number of hydrogen-bond acceptors (Lipinski definition) is 4. The van der Waals surface area contributed by atoms with Crippen molar-refractivity contribution in [2.75, 3.05) is 11.5 Å². The van der Waals surface area contributed by atoms with Gasteiger partial charge >= 0.3 is 0 Å². The Bertz CT molecular complexity index is 760. The van der Waals surface area contributed by atoms with Crippen LogP contribution in [0.2, 0.25) is 0 Å². The molecule has 1 fully saturated rings. The van der Waals surface area contributed by atoms with Gasteiger partial charge in [0.05, 0.1) is 11.5 Å². The normalized spacial score (nSPS) is 21.8. The summed E-state index contributed by atoms with van der Waals surface area (Å²) in [5.74, 6) is -1.56. The second-order valence-electron chi connectivity index (χ2n) is 4.73. The number of para-hydroxylation sites is 1. The summed E-state index contributed by atoms with van der Waals surface area (Å²) >= 11 is 0. The zero-order valence-electron chi connectivity index (χ0n) is 9.93. The largest absolute Gasteiger partial charge is 0.450 e. The maximum Gasteiger partial charge on any atom is 0.202 e. The fourth-order valence-corrected chi connectivity index (χ4v) is 4.09. The molecule has 0 saturated carbocycles. The van der Waals surface area contributed by atoms with Gasteiger partial charge in [0.15, 0.2) is 27.0 Å². The fraction of sp³-hybridized carbons (Fsp3) is 0.308. The lowest BCUT2D eigenvalue weighted by molar-refractivity contribution is 0.0907. The topological polar surface area (TPSA) is 64.3 Å². The Labute approximate surface area is 109 Å². The molecule has 2 aromatic rings. The van der Waals surface area contributed by atoms with E-state index in [0.29, 0.717) is 11.8 Å². The Hall–Kier alpha value is -1.69. The maximum atomic E-state index is 13.5. The van der Waals surface area contributed by atoms with E-state index in [1.807, 2.05) is 0 Å². The van der Waals surface area contributed by atoms with Crippen molar-refractivity contribution < 1.29 is 22.0 Å². The highest BCUT2D eigenvalue weighted by molar-refractivity contribution is 7.91. The third-order valence-electron chi connectivity index (χ3n) is 3.34. The lowest BCUT2D eigenvalue weighted by Gasteiger charge is -2.02. The molecule has 1 unspecified atom stereocenters. The van der Waals surface area contributed by atoms with E-state index in [1.54, 1.807) is 6.07 Å². The van der Waals surface area contributed by atoms with Gasteiger partial charge in [-0.15, -0.1) is 0 Å². The summed E-state index contributed by atoms with van der Waals surface area (Å²) in [6.45, 7) is 0. The van der Waals surface area contributed by atoms with E-state index in [4.69, 9.17) is 4.42 Å². The second-order valence-corrected chi connectivity index (χ2v) is 6.96. The van der Waals surface area contributed by atoms with Gasteiger partial charge < -0.3 is 4.42 Å². The number of carbonyl (C=O) groups is 1. The second kappa shape index (κ2) is 4.16. The summed E-state index contributed by atoms with van der Waals surface area (Å²) < 4.78 is 41.4. The summed E-state index contributed by atoms with van der Waals surface area (Å²) in [6, 6.07) is 5.89. The van der Waals surface area contributed by atoms with Gasteiger partial charge in [0.25, 0.3) is 0 Å². The van der Waals surface area contributed by atoms with Crippen molar-refractivity contribution >= 4 is 26.6 Å². The Morgan fingerprint density at radius 3 is 2.79 bits per heavy atom. The summed E-state index contributed by atoms with van der Waals surface area (Å²) in [5, 5.41) is 0.504. The van der Waals surface area contributed by atoms with E-state index in [-0.39, 0.29) is 28.6 Å². The highest BCUT2D eigenvalue weighted by Crippen LogP contribution is 2.27. The molecule has 0 spiro atoms. The van der Waals surface area contributed by atoms with Crippen LogP contribution in [-0.2, 0) is 9.84 Å². The monoisotopic (exact) mass is 282 g/mol. The van der Waals surface area contributed by atoms with Crippen LogP contribution in [0.5, 0.6) is 0 Å². The van der Waals surface area contributed by atoms with E-state index in [9.17, 15) is 17.6 Å². The molecule has 2 heterocycles. The first-order chi connectivity index (χ1) is 8.96. The van der Waals surface area contributed by atoms with Crippen LogP contribution in [0.1, 0.15) is 17.0 Å². The minimum atomic E-state index is -3.12. The minimum absolute atomic E-state index is 0.0258. The van der Waals surface area contributed by atoms with E-state index in [2.05, 4.69) is 0 Å². The summed E-state index contributed by atoms with van der Waals surface area (Å²) in [6.07, 6.45) is 0.306. The van der Waals surface area contributed by atoms with Crippen molar-refractivity contribution in [3.05, 3.63) is 35.8 Å². The highest BCUT2D eigenvalue weighted by atomic mass is 32.2. The molecule has 1 aromatic heterocycles. The molecule has 0 radical (unpaired) electrons. The number of halogens is 1. The number of sulfone groups is 1. The first-order valence-corrected chi connectivity index (χ1v) is 7.71. The minimum Gasteiger partial charge on any atom is -0.450 e. The zero-order valence-corrected chi connectivity index (χ0v) is 10.7. The number of rotatable bonds is 2. The lowest BCUT2D eigenvalue weighted by Crippen LogP contribution is -2.15. The van der Waals surface area contributed by atoms with Crippen molar-refractivity contribution in [3.63, 3.8) is 0 Å². The first-order valence-electron chi connectivity index (χ1n) is 5.89. The predicted molar refractivity (Wildman–Crippen MR) is 67.3 cm³/mol. The van der Waals surface area contributed by atoms with Gasteiger partial charge in [0.1, 0.15) is 0 Å². The van der Waals surface area contributed by atoms with Gasteiger partial charge in [-0.05, 0) is 18.6 Å². The van der Waals surface area contributed by atoms with Crippen LogP contribution in [0.3, 0.4) is 0 Å². The summed E-state index contributed by atoms with van der Waals surface area (Å²) in [7, 11) is -3.12. The van der Waals surface area contributed by atoms with E-state index >= 15 is 0 Å². The van der Waals surface area contributed by atoms with Crippen LogP contribution in [0.4, 0.5) is 4.39 Å². The van der Waals surface area contributed by atoms with Crippen LogP contribution < -0.4 is 0 Å². The molecule has 0 N–H and O–H groups in total. The molecule has 1 atom stereocenters. The molecule has 0 amide bonds. The van der Waals surface area contributed by atoms with Crippen molar-refractivity contribution in [2.24, 2.45) is 5.92 Å². The molecule has 100 valence electrons. The van der Waals surface area contributed by atoms with Gasteiger partial charge in [-0.3, -0.25) is 4.79 Å². The van der Waals surface area contributed by atoms with E-state index < -0.39 is 21.6 Å². The Morgan fingerprint density at radius 1 is 1.37 bits per heavy atom. The summed E-state index contributed by atoms with van der Waals surface area (Å²) in [4.78, 5) is 12.1. The van der Waals surface area contributed by atoms with Gasteiger partial charge in [0.2, 0.25) is 5.78 Å². The van der Waals surface area contributed by atoms with Gasteiger partial charge in [-0.25, -0.2) is 12.8 Å². The molecule has 1 aliphatic rings. The predicted octanol–water partition coefficient (Wildman–Crippen LogP) is 2.19. The highest BCUT2D eigenvalue weighted by Gasteiger charge is 2.34. The zero-order chi connectivity index (χ0) is 13.6. The smallest absolute Gasteiger partial charge is 0.202 e. The number of hydrogen-bond donors (Lipinski definition) is 0. The number of ketones is 1. The van der Waals surface area contributed by atoms with Crippen molar-refractivity contribution in [1.29, 1.82) is 0 Å². The molecule has 1 aromatic carbocycles. The van der Waals surface area contributed by atoms with Gasteiger partial charge in [-0.2, -0.15) is 0 Å². The number of furan rings is 1. The number of Topliss-reactive ketones (excluding diaryl/α,β-unsaturated/α-hetero) is 1. The van der Waals surface area contributed by atoms with E-state index in [1.165, 1.54) is 18.2 Å². The number of carbonyl (C=O) groups excluding carboxylic acids is 1. The quantitative estimate of drug-likeness (QED) is 0.792. The summed E-state index contributed by atoms with van der Waals surface area (Å²) in [5.41, 5.74) is 0.0340. The van der Waals surface area contributed by atoms with E-state index in [0.717, 1.165) is 0 Å². The maximum absolute atomic E-state index is 13.5. The Morgan fingerprint density at radius 2 is 2.16 bits per heavy atom. The molecule has 1 aliphatic heterocycles. The van der Waals surface area contributed by atoms with Crippen LogP contribution in [0.25, 0.3) is 11.0 Å². The average molecular weight is 282 g/mol. The van der Waals surface area contributed by atoms with Gasteiger partial charge in [0, 0.05) is 11.3 Å². The Balaban J connectivity index is 1.97. The van der Waals surface area contributed by atoms with Crippen LogP contribution in [0, 0.1) is 11.7 Å². The van der Waals surface area contributed by atoms with Crippen molar-refractivity contribution in [3.8, 4) is 0 Å². The Kier molecular flexibility index (Phi) is 2.70. The molecule has 6 heteroatoms. The lowest BCUT2D eigenvalue weighted by atomic mass is 10.0. The molecule has 4 nitrogen and oxygen atoms in total. The molecule has 0 bridgehead atoms. The molecule has 1 saturated heterocycles. The third kappa shape index (κ3) is 2.16.